The number of amides is 2. The van der Waals surface area contributed by atoms with E-state index >= 15 is 0 Å². The predicted molar refractivity (Wildman–Crippen MR) is 133 cm³/mol. The van der Waals surface area contributed by atoms with E-state index in [1.54, 1.807) is 34.9 Å². The van der Waals surface area contributed by atoms with E-state index in [0.717, 1.165) is 21.9 Å². The lowest BCUT2D eigenvalue weighted by Gasteiger charge is -2.46. The van der Waals surface area contributed by atoms with Gasteiger partial charge in [0.05, 0.1) is 12.8 Å². The van der Waals surface area contributed by atoms with Gasteiger partial charge in [0.25, 0.3) is 5.91 Å². The molecule has 0 spiro atoms. The maximum Gasteiger partial charge on any atom is 0.410 e. The van der Waals surface area contributed by atoms with Crippen LogP contribution in [0.5, 0.6) is 5.75 Å². The van der Waals surface area contributed by atoms with Gasteiger partial charge in [0, 0.05) is 19.9 Å². The van der Waals surface area contributed by atoms with Gasteiger partial charge in [-0.05, 0) is 54.8 Å². The van der Waals surface area contributed by atoms with Crippen LogP contribution >= 0.6 is 0 Å². The highest BCUT2D eigenvalue weighted by atomic mass is 16.6. The molecule has 1 atom stereocenters. The highest BCUT2D eigenvalue weighted by Gasteiger charge is 2.52. The number of methoxy groups -OCH3 is 1. The van der Waals surface area contributed by atoms with Crippen molar-refractivity contribution >= 4 is 28.5 Å². The number of carbonyl (C=O) groups is 2. The number of likely N-dealkylation sites (N-methyl/N-ethyl adjacent to an activating group) is 1. The van der Waals surface area contributed by atoms with E-state index < -0.39 is 17.2 Å². The van der Waals surface area contributed by atoms with Gasteiger partial charge in [0.1, 0.15) is 16.9 Å². The third-order valence-electron chi connectivity index (χ3n) is 6.35. The molecule has 1 aliphatic heterocycles. The maximum atomic E-state index is 14.0. The lowest BCUT2D eigenvalue weighted by atomic mass is 9.77. The number of nitrogens with zero attached hydrogens (tertiary/aromatic N) is 2. The molecule has 0 saturated carbocycles. The summed E-state index contributed by atoms with van der Waals surface area (Å²) in [7, 11) is 3.19. The highest BCUT2D eigenvalue weighted by molar-refractivity contribution is 6.07. The van der Waals surface area contributed by atoms with Crippen LogP contribution in [0.25, 0.3) is 10.8 Å². The van der Waals surface area contributed by atoms with E-state index in [1.807, 2.05) is 60.7 Å². The van der Waals surface area contributed by atoms with Crippen molar-refractivity contribution in [3.8, 4) is 5.75 Å². The van der Waals surface area contributed by atoms with Gasteiger partial charge in [-0.3, -0.25) is 9.69 Å². The zero-order valence-electron chi connectivity index (χ0n) is 20.3. The molecule has 7 nitrogen and oxygen atoms in total. The molecule has 2 N–H and O–H groups in total. The number of hydrogen-bond acceptors (Lipinski definition) is 5. The van der Waals surface area contributed by atoms with Crippen molar-refractivity contribution in [1.82, 2.24) is 4.90 Å². The van der Waals surface area contributed by atoms with Crippen molar-refractivity contribution in [1.29, 1.82) is 0 Å². The molecule has 0 bridgehead atoms. The second-order valence-electron chi connectivity index (χ2n) is 9.70. The quantitative estimate of drug-likeness (QED) is 0.458. The molecule has 3 aromatic carbocycles. The van der Waals surface area contributed by atoms with Gasteiger partial charge in [-0.15, -0.1) is 0 Å². The second-order valence-corrected chi connectivity index (χ2v) is 9.70. The third kappa shape index (κ3) is 4.07. The van der Waals surface area contributed by atoms with Crippen LogP contribution in [0.2, 0.25) is 0 Å². The van der Waals surface area contributed by atoms with Crippen LogP contribution in [-0.2, 0) is 22.4 Å². The second kappa shape index (κ2) is 8.65. The lowest BCUT2D eigenvalue weighted by molar-refractivity contribution is -0.130. The average Bonchev–Trinajstić information content (AvgIpc) is 2.81. The molecule has 4 rings (SSSR count). The summed E-state index contributed by atoms with van der Waals surface area (Å²) in [6, 6.07) is 19.3. The number of carbonyl (C=O) groups excluding carboxylic acids is 2. The van der Waals surface area contributed by atoms with E-state index in [0.29, 0.717) is 11.4 Å². The lowest BCUT2D eigenvalue weighted by Crippen LogP contribution is -2.66. The fourth-order valence-corrected chi connectivity index (χ4v) is 4.63. The molecule has 1 heterocycles. The van der Waals surface area contributed by atoms with Crippen LogP contribution < -0.4 is 15.6 Å². The number of hydrogen-bond donors (Lipinski definition) is 1. The van der Waals surface area contributed by atoms with Crippen molar-refractivity contribution in [2.45, 2.75) is 44.8 Å². The summed E-state index contributed by atoms with van der Waals surface area (Å²) in [5.41, 5.74) is 0.304. The highest BCUT2D eigenvalue weighted by Crippen LogP contribution is 2.41. The summed E-state index contributed by atoms with van der Waals surface area (Å²) in [5.74, 6) is 6.68. The van der Waals surface area contributed by atoms with Crippen LogP contribution in [0.3, 0.4) is 0 Å². The molecule has 7 heteroatoms. The Labute approximate surface area is 200 Å². The number of fused-ring (bicyclic) bond motifs is 3. The molecule has 0 aliphatic carbocycles. The molecule has 1 aliphatic rings. The molecular formula is C27H31N3O4. The van der Waals surface area contributed by atoms with Crippen LogP contribution in [-0.4, -0.2) is 42.2 Å². The van der Waals surface area contributed by atoms with E-state index in [-0.39, 0.29) is 18.7 Å². The largest absolute Gasteiger partial charge is 0.496 e. The topological polar surface area (TPSA) is 85.1 Å². The average molecular weight is 462 g/mol. The Morgan fingerprint density at radius 2 is 1.76 bits per heavy atom. The summed E-state index contributed by atoms with van der Waals surface area (Å²) < 4.78 is 11.2. The molecule has 0 fully saturated rings. The Morgan fingerprint density at radius 1 is 1.09 bits per heavy atom. The number of para-hydroxylation sites is 1. The fraction of sp³-hybridized carbons (Fsp3) is 0.333. The first-order valence-electron chi connectivity index (χ1n) is 11.3. The molecular weight excluding hydrogens is 430 g/mol. The fourth-order valence-electron chi connectivity index (χ4n) is 4.63. The number of rotatable bonds is 4. The number of hydrazine groups is 1. The molecule has 2 amide bonds. The van der Waals surface area contributed by atoms with Gasteiger partial charge in [-0.2, -0.15) is 0 Å². The van der Waals surface area contributed by atoms with Crippen LogP contribution in [0.1, 0.15) is 31.9 Å². The first-order chi connectivity index (χ1) is 16.1. The zero-order chi connectivity index (χ0) is 24.7. The van der Waals surface area contributed by atoms with Crippen molar-refractivity contribution in [2.24, 2.45) is 5.84 Å². The summed E-state index contributed by atoms with van der Waals surface area (Å²) in [4.78, 5) is 28.7. The molecule has 34 heavy (non-hydrogen) atoms. The number of anilines is 1. The van der Waals surface area contributed by atoms with Crippen molar-refractivity contribution in [3.05, 3.63) is 71.8 Å². The van der Waals surface area contributed by atoms with E-state index in [4.69, 9.17) is 15.3 Å². The van der Waals surface area contributed by atoms with Crippen LogP contribution in [0.15, 0.2) is 60.7 Å². The monoisotopic (exact) mass is 461 g/mol. The van der Waals surface area contributed by atoms with Crippen molar-refractivity contribution < 1.29 is 19.1 Å². The predicted octanol–water partition coefficient (Wildman–Crippen LogP) is 4.46. The standard InChI is InChI=1S/C27H31N3O4/c1-26(2,3)34-25(32)29(4)27(16-19-11-7-9-13-23(19)33-5)17-21-20-12-8-6-10-18(20)14-15-22(21)30(28)24(27)31/h6-15H,16-17,28H2,1-5H3/t27-/m1/s1. The number of ether oxygens (including phenoxy) is 2. The molecule has 0 aromatic heterocycles. The third-order valence-corrected chi connectivity index (χ3v) is 6.35. The van der Waals surface area contributed by atoms with Gasteiger partial charge < -0.3 is 9.47 Å². The summed E-state index contributed by atoms with van der Waals surface area (Å²) in [6.07, 6.45) is -0.0979. The summed E-state index contributed by atoms with van der Waals surface area (Å²) >= 11 is 0. The van der Waals surface area contributed by atoms with E-state index in [1.165, 1.54) is 9.91 Å². The smallest absolute Gasteiger partial charge is 0.410 e. The Kier molecular flexibility index (Phi) is 6.00. The minimum absolute atomic E-state index is 0.210. The normalized spacial score (nSPS) is 17.9. The Morgan fingerprint density at radius 3 is 2.47 bits per heavy atom. The Balaban J connectivity index is 1.91. The SMILES string of the molecule is COc1ccccc1C[C@@]1(N(C)C(=O)OC(C)(C)C)Cc2c(ccc3ccccc23)N(N)C1=O. The zero-order valence-corrected chi connectivity index (χ0v) is 20.3. The minimum Gasteiger partial charge on any atom is -0.496 e. The van der Waals surface area contributed by atoms with E-state index in [2.05, 4.69) is 0 Å². The van der Waals surface area contributed by atoms with Crippen LogP contribution in [0.4, 0.5) is 10.5 Å². The van der Waals surface area contributed by atoms with E-state index in [9.17, 15) is 9.59 Å². The van der Waals surface area contributed by atoms with Crippen molar-refractivity contribution in [2.75, 3.05) is 19.2 Å². The van der Waals surface area contributed by atoms with Gasteiger partial charge in [0.2, 0.25) is 0 Å². The molecule has 3 aromatic rings. The van der Waals surface area contributed by atoms with Gasteiger partial charge in [-0.1, -0.05) is 48.5 Å². The van der Waals surface area contributed by atoms with Gasteiger partial charge in [-0.25, -0.2) is 15.6 Å². The summed E-state index contributed by atoms with van der Waals surface area (Å²) in [6.45, 7) is 5.39. The first kappa shape index (κ1) is 23.6. The number of benzene rings is 3. The van der Waals surface area contributed by atoms with Crippen molar-refractivity contribution in [3.63, 3.8) is 0 Å². The first-order valence-corrected chi connectivity index (χ1v) is 11.3. The Hall–Kier alpha value is -3.58. The number of nitrogens with two attached hydrogens (primary N) is 1. The molecule has 178 valence electrons. The van der Waals surface area contributed by atoms with Gasteiger partial charge >= 0.3 is 6.09 Å². The van der Waals surface area contributed by atoms with Crippen LogP contribution in [0, 0.1) is 0 Å². The Bertz CT molecular complexity index is 1250. The van der Waals surface area contributed by atoms with Gasteiger partial charge in [0.15, 0.2) is 0 Å². The molecule has 0 saturated heterocycles. The maximum absolute atomic E-state index is 14.0. The molecule has 0 unspecified atom stereocenters. The molecule has 0 radical (unpaired) electrons. The summed E-state index contributed by atoms with van der Waals surface area (Å²) in [5, 5.41) is 3.20. The minimum atomic E-state index is -1.32.